The predicted molar refractivity (Wildman–Crippen MR) is 51.2 cm³/mol. The smallest absolute Gasteiger partial charge is 0.305 e. The molecule has 0 aliphatic rings. The number of aromatic nitrogens is 2. The van der Waals surface area contributed by atoms with E-state index in [-0.39, 0.29) is 5.69 Å². The summed E-state index contributed by atoms with van der Waals surface area (Å²) in [5, 5.41) is 0. The van der Waals surface area contributed by atoms with Crippen molar-refractivity contribution in [3.63, 3.8) is 0 Å². The number of rotatable bonds is 0. The summed E-state index contributed by atoms with van der Waals surface area (Å²) in [7, 11) is 1.74. The van der Waals surface area contributed by atoms with E-state index in [1.165, 1.54) is 0 Å². The summed E-state index contributed by atoms with van der Waals surface area (Å²) >= 11 is 3.36. The fraction of sp³-hybridized carbons (Fsp3) is 0.125. The summed E-state index contributed by atoms with van der Waals surface area (Å²) in [6.45, 7) is 0. The van der Waals surface area contributed by atoms with Gasteiger partial charge in [0.05, 0.1) is 11.0 Å². The molecule has 1 heterocycles. The van der Waals surface area contributed by atoms with Crippen LogP contribution < -0.4 is 5.69 Å². The number of para-hydroxylation sites is 1. The van der Waals surface area contributed by atoms with Crippen LogP contribution in [-0.4, -0.2) is 9.55 Å². The first-order valence-electron chi connectivity index (χ1n) is 3.53. The molecule has 0 saturated carbocycles. The number of benzene rings is 1. The van der Waals surface area contributed by atoms with Gasteiger partial charge in [-0.2, -0.15) is 0 Å². The highest BCUT2D eigenvalue weighted by atomic mass is 79.9. The van der Waals surface area contributed by atoms with E-state index in [2.05, 4.69) is 20.9 Å². The lowest BCUT2D eigenvalue weighted by Crippen LogP contribution is -2.11. The molecule has 3 nitrogen and oxygen atoms in total. The standard InChI is InChI=1S/C8H7BrN2O/c1-11-6-4-2-3-5(9)7(6)10-8(11)12/h2-4H,1H3,(H,10,12). The van der Waals surface area contributed by atoms with Gasteiger partial charge in [0.1, 0.15) is 0 Å². The van der Waals surface area contributed by atoms with Gasteiger partial charge in [0.2, 0.25) is 0 Å². The van der Waals surface area contributed by atoms with Gasteiger partial charge in [-0.15, -0.1) is 0 Å². The summed E-state index contributed by atoms with van der Waals surface area (Å²) in [6.07, 6.45) is 0. The molecular formula is C8H7BrN2O. The number of H-pyrrole nitrogens is 1. The highest BCUT2D eigenvalue weighted by Gasteiger charge is 2.03. The van der Waals surface area contributed by atoms with Crippen LogP contribution in [0.4, 0.5) is 0 Å². The fourth-order valence-corrected chi connectivity index (χ4v) is 1.67. The van der Waals surface area contributed by atoms with Crippen molar-refractivity contribution in [1.29, 1.82) is 0 Å². The highest BCUT2D eigenvalue weighted by Crippen LogP contribution is 2.19. The van der Waals surface area contributed by atoms with Crippen LogP contribution in [0, 0.1) is 0 Å². The number of fused-ring (bicyclic) bond motifs is 1. The average Bonchev–Trinajstić information content (AvgIpc) is 2.32. The van der Waals surface area contributed by atoms with Gasteiger partial charge in [-0.25, -0.2) is 4.79 Å². The molecule has 0 radical (unpaired) electrons. The molecule has 12 heavy (non-hydrogen) atoms. The molecule has 2 rings (SSSR count). The van der Waals surface area contributed by atoms with Gasteiger partial charge in [-0.3, -0.25) is 4.57 Å². The largest absolute Gasteiger partial charge is 0.326 e. The van der Waals surface area contributed by atoms with Gasteiger partial charge in [-0.05, 0) is 28.1 Å². The predicted octanol–water partition coefficient (Wildman–Crippen LogP) is 1.63. The third kappa shape index (κ3) is 0.914. The van der Waals surface area contributed by atoms with E-state index in [1.54, 1.807) is 11.6 Å². The zero-order valence-corrected chi connectivity index (χ0v) is 8.05. The quantitative estimate of drug-likeness (QED) is 0.729. The van der Waals surface area contributed by atoms with Crippen LogP contribution in [0.1, 0.15) is 0 Å². The van der Waals surface area contributed by atoms with Crippen LogP contribution in [0.3, 0.4) is 0 Å². The molecule has 0 fully saturated rings. The summed E-state index contributed by atoms with van der Waals surface area (Å²) < 4.78 is 2.50. The lowest BCUT2D eigenvalue weighted by molar-refractivity contribution is 0.891. The molecule has 0 bridgehead atoms. The first-order valence-corrected chi connectivity index (χ1v) is 4.32. The molecule has 1 aromatic heterocycles. The lowest BCUT2D eigenvalue weighted by Gasteiger charge is -1.93. The monoisotopic (exact) mass is 226 g/mol. The summed E-state index contributed by atoms with van der Waals surface area (Å²) in [5.41, 5.74) is 1.68. The van der Waals surface area contributed by atoms with Crippen molar-refractivity contribution in [3.05, 3.63) is 33.2 Å². The van der Waals surface area contributed by atoms with Crippen molar-refractivity contribution in [1.82, 2.24) is 9.55 Å². The molecule has 0 aliphatic carbocycles. The van der Waals surface area contributed by atoms with Crippen LogP contribution in [0.25, 0.3) is 11.0 Å². The Kier molecular flexibility index (Phi) is 1.58. The molecule has 4 heteroatoms. The molecule has 0 atom stereocenters. The summed E-state index contributed by atoms with van der Waals surface area (Å²) in [5.74, 6) is 0. The number of hydrogen-bond acceptors (Lipinski definition) is 1. The Hall–Kier alpha value is -1.03. The van der Waals surface area contributed by atoms with Crippen LogP contribution in [-0.2, 0) is 7.05 Å². The Labute approximate surface area is 77.1 Å². The Balaban J connectivity index is 3.05. The van der Waals surface area contributed by atoms with Gasteiger partial charge in [0.15, 0.2) is 0 Å². The minimum atomic E-state index is -0.0862. The van der Waals surface area contributed by atoms with Gasteiger partial charge >= 0.3 is 5.69 Å². The normalized spacial score (nSPS) is 10.8. The Morgan fingerprint density at radius 2 is 2.25 bits per heavy atom. The van der Waals surface area contributed by atoms with Gasteiger partial charge in [0.25, 0.3) is 0 Å². The molecule has 0 aliphatic heterocycles. The van der Waals surface area contributed by atoms with E-state index >= 15 is 0 Å². The minimum absolute atomic E-state index is 0.0862. The molecule has 1 N–H and O–H groups in total. The van der Waals surface area contributed by atoms with Gasteiger partial charge < -0.3 is 4.98 Å². The van der Waals surface area contributed by atoms with Crippen LogP contribution >= 0.6 is 15.9 Å². The van der Waals surface area contributed by atoms with Crippen LogP contribution in [0.5, 0.6) is 0 Å². The molecule has 62 valence electrons. The van der Waals surface area contributed by atoms with E-state index < -0.39 is 0 Å². The summed E-state index contributed by atoms with van der Waals surface area (Å²) in [4.78, 5) is 13.9. The zero-order valence-electron chi connectivity index (χ0n) is 6.47. The van der Waals surface area contributed by atoms with Crippen LogP contribution in [0.2, 0.25) is 0 Å². The second-order valence-electron chi connectivity index (χ2n) is 2.62. The van der Waals surface area contributed by atoms with Crippen molar-refractivity contribution < 1.29 is 0 Å². The maximum absolute atomic E-state index is 11.2. The number of imidazole rings is 1. The van der Waals surface area contributed by atoms with E-state index in [0.29, 0.717) is 0 Å². The maximum Gasteiger partial charge on any atom is 0.326 e. The second kappa shape index (κ2) is 2.48. The van der Waals surface area contributed by atoms with Crippen molar-refractivity contribution >= 4 is 27.0 Å². The third-order valence-electron chi connectivity index (χ3n) is 1.89. The molecule has 0 unspecified atom stereocenters. The van der Waals surface area contributed by atoms with E-state index in [9.17, 15) is 4.79 Å². The Morgan fingerprint density at radius 1 is 1.50 bits per heavy atom. The Morgan fingerprint density at radius 3 is 2.92 bits per heavy atom. The Bertz CT molecular complexity index is 483. The first kappa shape index (κ1) is 7.61. The van der Waals surface area contributed by atoms with Crippen molar-refractivity contribution in [2.75, 3.05) is 0 Å². The van der Waals surface area contributed by atoms with Crippen molar-refractivity contribution in [3.8, 4) is 0 Å². The number of nitrogens with one attached hydrogen (secondary N) is 1. The SMILES string of the molecule is Cn1c(=O)[nH]c2c(Br)cccc21. The number of hydrogen-bond donors (Lipinski definition) is 1. The number of aromatic amines is 1. The molecule has 1 aromatic carbocycles. The summed E-state index contributed by atoms with van der Waals surface area (Å²) in [6, 6.07) is 5.70. The van der Waals surface area contributed by atoms with Crippen LogP contribution in [0.15, 0.2) is 27.5 Å². The molecule has 0 saturated heterocycles. The molecular weight excluding hydrogens is 220 g/mol. The minimum Gasteiger partial charge on any atom is -0.305 e. The molecule has 0 spiro atoms. The van der Waals surface area contributed by atoms with Crippen molar-refractivity contribution in [2.24, 2.45) is 7.05 Å². The number of halogens is 1. The number of nitrogens with zero attached hydrogens (tertiary/aromatic N) is 1. The fourth-order valence-electron chi connectivity index (χ4n) is 1.22. The average molecular weight is 227 g/mol. The second-order valence-corrected chi connectivity index (χ2v) is 3.48. The first-order chi connectivity index (χ1) is 5.70. The van der Waals surface area contributed by atoms with E-state index in [1.807, 2.05) is 18.2 Å². The molecule has 0 amide bonds. The number of aryl methyl sites for hydroxylation is 1. The lowest BCUT2D eigenvalue weighted by atomic mass is 10.3. The van der Waals surface area contributed by atoms with Gasteiger partial charge in [0, 0.05) is 11.5 Å². The highest BCUT2D eigenvalue weighted by molar-refractivity contribution is 9.10. The topological polar surface area (TPSA) is 37.8 Å². The third-order valence-corrected chi connectivity index (χ3v) is 2.55. The van der Waals surface area contributed by atoms with E-state index in [0.717, 1.165) is 15.5 Å². The van der Waals surface area contributed by atoms with Gasteiger partial charge in [-0.1, -0.05) is 6.07 Å². The molecule has 2 aromatic rings. The van der Waals surface area contributed by atoms with E-state index in [4.69, 9.17) is 0 Å². The maximum atomic E-state index is 11.2. The van der Waals surface area contributed by atoms with Crippen molar-refractivity contribution in [2.45, 2.75) is 0 Å². The zero-order chi connectivity index (χ0) is 8.72.